The third-order valence-corrected chi connectivity index (χ3v) is 5.68. The third-order valence-electron chi connectivity index (χ3n) is 3.46. The molecule has 1 N–H and O–H groups in total. The van der Waals surface area contributed by atoms with E-state index >= 15 is 0 Å². The molecule has 0 heterocycles. The number of rotatable bonds is 7. The molecule has 1 rings (SSSR count). The zero-order chi connectivity index (χ0) is 12.7. The van der Waals surface area contributed by atoms with Crippen LogP contribution in [0.5, 0.6) is 0 Å². The number of hydrogen-bond acceptors (Lipinski definition) is 3. The summed E-state index contributed by atoms with van der Waals surface area (Å²) in [5, 5.41) is 3.73. The van der Waals surface area contributed by atoms with E-state index in [9.17, 15) is 8.42 Å². The van der Waals surface area contributed by atoms with Crippen molar-refractivity contribution in [2.24, 2.45) is 5.92 Å². The Balaban J connectivity index is 2.01. The molecule has 0 aromatic heterocycles. The number of nitrogens with one attached hydrogen (secondary N) is 1. The summed E-state index contributed by atoms with van der Waals surface area (Å²) in [4.78, 5) is 0. The lowest BCUT2D eigenvalue weighted by Crippen LogP contribution is -2.28. The molecule has 17 heavy (non-hydrogen) atoms. The van der Waals surface area contributed by atoms with Crippen LogP contribution in [0.1, 0.15) is 39.0 Å². The smallest absolute Gasteiger partial charge is 0.150 e. The molecule has 0 bridgehead atoms. The van der Waals surface area contributed by atoms with Crippen molar-refractivity contribution in [2.75, 3.05) is 24.6 Å². The maximum Gasteiger partial charge on any atom is 0.150 e. The summed E-state index contributed by atoms with van der Waals surface area (Å²) >= 11 is 6.04. The quantitative estimate of drug-likeness (QED) is 0.575. The van der Waals surface area contributed by atoms with Crippen molar-refractivity contribution in [3.05, 3.63) is 0 Å². The van der Waals surface area contributed by atoms with Gasteiger partial charge in [0.15, 0.2) is 0 Å². The second-order valence-corrected chi connectivity index (χ2v) is 8.00. The average Bonchev–Trinajstić information content (AvgIpc) is 2.31. The zero-order valence-electron chi connectivity index (χ0n) is 10.6. The number of halogens is 1. The zero-order valence-corrected chi connectivity index (χ0v) is 12.2. The first kappa shape index (κ1) is 15.3. The molecule has 0 spiro atoms. The van der Waals surface area contributed by atoms with Crippen LogP contribution in [0.25, 0.3) is 0 Å². The molecule has 1 fully saturated rings. The van der Waals surface area contributed by atoms with Gasteiger partial charge in [-0.1, -0.05) is 6.92 Å². The molecule has 0 unspecified atom stereocenters. The van der Waals surface area contributed by atoms with Crippen LogP contribution in [0.3, 0.4) is 0 Å². The second kappa shape index (κ2) is 7.59. The van der Waals surface area contributed by atoms with Crippen molar-refractivity contribution >= 4 is 21.4 Å². The van der Waals surface area contributed by atoms with Crippen molar-refractivity contribution in [2.45, 2.75) is 44.4 Å². The van der Waals surface area contributed by atoms with E-state index in [1.807, 2.05) is 0 Å². The normalized spacial score (nSPS) is 26.0. The van der Waals surface area contributed by atoms with E-state index in [1.165, 1.54) is 12.8 Å². The van der Waals surface area contributed by atoms with Gasteiger partial charge in [0, 0.05) is 11.1 Å². The fraction of sp³-hybridized carbons (Fsp3) is 1.00. The van der Waals surface area contributed by atoms with Crippen molar-refractivity contribution in [3.63, 3.8) is 0 Å². The molecule has 0 aliphatic heterocycles. The van der Waals surface area contributed by atoms with Crippen LogP contribution in [-0.4, -0.2) is 38.4 Å². The van der Waals surface area contributed by atoms with Gasteiger partial charge in [0.05, 0.1) is 5.75 Å². The summed E-state index contributed by atoms with van der Waals surface area (Å²) in [6.07, 6.45) is 5.38. The molecule has 0 radical (unpaired) electrons. The molecule has 0 aromatic rings. The van der Waals surface area contributed by atoms with Gasteiger partial charge in [-0.25, -0.2) is 8.42 Å². The lowest BCUT2D eigenvalue weighted by atomic mass is 9.89. The Morgan fingerprint density at radius 3 is 2.47 bits per heavy atom. The van der Waals surface area contributed by atoms with Gasteiger partial charge >= 0.3 is 0 Å². The first-order valence-corrected chi connectivity index (χ1v) is 8.84. The fourth-order valence-corrected chi connectivity index (χ4v) is 3.32. The number of hydrogen-bond donors (Lipinski definition) is 1. The van der Waals surface area contributed by atoms with E-state index in [0.29, 0.717) is 11.1 Å². The average molecular weight is 282 g/mol. The molecule has 3 nitrogen and oxygen atoms in total. The van der Waals surface area contributed by atoms with Crippen LogP contribution in [0, 0.1) is 5.92 Å². The Bertz CT molecular complexity index is 298. The van der Waals surface area contributed by atoms with Gasteiger partial charge in [0.2, 0.25) is 0 Å². The molecule has 0 amide bonds. The van der Waals surface area contributed by atoms with E-state index in [-0.39, 0.29) is 5.75 Å². The van der Waals surface area contributed by atoms with Crippen LogP contribution >= 0.6 is 11.6 Å². The van der Waals surface area contributed by atoms with Gasteiger partial charge in [-0.15, -0.1) is 11.6 Å². The summed E-state index contributed by atoms with van der Waals surface area (Å²) < 4.78 is 22.5. The SMILES string of the molecule is CCS(=O)(=O)CCCNCC1CCC(Cl)CC1. The highest BCUT2D eigenvalue weighted by Gasteiger charge is 2.18. The summed E-state index contributed by atoms with van der Waals surface area (Å²) in [5.41, 5.74) is 0. The Labute approximate surface area is 110 Å². The van der Waals surface area contributed by atoms with E-state index in [4.69, 9.17) is 11.6 Å². The van der Waals surface area contributed by atoms with Gasteiger partial charge in [0.25, 0.3) is 0 Å². The summed E-state index contributed by atoms with van der Waals surface area (Å²) in [6.45, 7) is 3.52. The number of alkyl halides is 1. The van der Waals surface area contributed by atoms with E-state index < -0.39 is 9.84 Å². The molecule has 0 aromatic carbocycles. The van der Waals surface area contributed by atoms with Crippen LogP contribution in [0.4, 0.5) is 0 Å². The van der Waals surface area contributed by atoms with Crippen molar-refractivity contribution in [1.29, 1.82) is 0 Å². The molecular weight excluding hydrogens is 258 g/mol. The standard InChI is InChI=1S/C12H24ClNO2S/c1-2-17(15,16)9-3-8-14-10-11-4-6-12(13)7-5-11/h11-12,14H,2-10H2,1H3. The maximum absolute atomic E-state index is 11.3. The lowest BCUT2D eigenvalue weighted by Gasteiger charge is -2.25. The molecule has 0 atom stereocenters. The van der Waals surface area contributed by atoms with E-state index in [0.717, 1.165) is 38.3 Å². The third kappa shape index (κ3) is 6.63. The predicted octanol–water partition coefficient (Wildman–Crippen LogP) is 2.20. The first-order valence-electron chi connectivity index (χ1n) is 6.58. The molecule has 0 saturated heterocycles. The minimum atomic E-state index is -2.79. The van der Waals surface area contributed by atoms with Gasteiger partial charge in [-0.3, -0.25) is 0 Å². The van der Waals surface area contributed by atoms with E-state index in [2.05, 4.69) is 5.32 Å². The highest BCUT2D eigenvalue weighted by molar-refractivity contribution is 7.91. The second-order valence-electron chi connectivity index (χ2n) is 4.91. The first-order chi connectivity index (χ1) is 8.03. The summed E-state index contributed by atoms with van der Waals surface area (Å²) in [6, 6.07) is 0. The minimum absolute atomic E-state index is 0.257. The highest BCUT2D eigenvalue weighted by atomic mass is 35.5. The van der Waals surface area contributed by atoms with Crippen molar-refractivity contribution < 1.29 is 8.42 Å². The van der Waals surface area contributed by atoms with Crippen LogP contribution in [-0.2, 0) is 9.84 Å². The molecular formula is C12H24ClNO2S. The maximum atomic E-state index is 11.3. The van der Waals surface area contributed by atoms with Gasteiger partial charge in [0.1, 0.15) is 9.84 Å². The number of sulfone groups is 1. The molecule has 5 heteroatoms. The molecule has 1 aliphatic rings. The topological polar surface area (TPSA) is 46.2 Å². The van der Waals surface area contributed by atoms with Gasteiger partial charge in [-0.2, -0.15) is 0 Å². The Kier molecular flexibility index (Phi) is 6.82. The van der Waals surface area contributed by atoms with Crippen LogP contribution in [0.2, 0.25) is 0 Å². The Morgan fingerprint density at radius 2 is 1.88 bits per heavy atom. The molecule has 102 valence electrons. The Hall–Kier alpha value is 0.200. The summed E-state index contributed by atoms with van der Waals surface area (Å²) in [5.74, 6) is 1.30. The van der Waals surface area contributed by atoms with Crippen molar-refractivity contribution in [1.82, 2.24) is 5.32 Å². The highest BCUT2D eigenvalue weighted by Crippen LogP contribution is 2.26. The van der Waals surface area contributed by atoms with Gasteiger partial charge < -0.3 is 5.32 Å². The molecule has 1 saturated carbocycles. The monoisotopic (exact) mass is 281 g/mol. The fourth-order valence-electron chi connectivity index (χ4n) is 2.19. The summed E-state index contributed by atoms with van der Waals surface area (Å²) in [7, 11) is -2.79. The van der Waals surface area contributed by atoms with E-state index in [1.54, 1.807) is 6.92 Å². The van der Waals surface area contributed by atoms with Crippen LogP contribution in [0.15, 0.2) is 0 Å². The largest absolute Gasteiger partial charge is 0.316 e. The lowest BCUT2D eigenvalue weighted by molar-refractivity contribution is 0.346. The minimum Gasteiger partial charge on any atom is -0.316 e. The molecule has 1 aliphatic carbocycles. The predicted molar refractivity (Wildman–Crippen MR) is 73.4 cm³/mol. The van der Waals surface area contributed by atoms with Crippen LogP contribution < -0.4 is 5.32 Å². The van der Waals surface area contributed by atoms with Gasteiger partial charge in [-0.05, 0) is 51.1 Å². The van der Waals surface area contributed by atoms with Crippen molar-refractivity contribution in [3.8, 4) is 0 Å². The Morgan fingerprint density at radius 1 is 1.24 bits per heavy atom.